The van der Waals surface area contributed by atoms with Gasteiger partial charge in [0.1, 0.15) is 17.1 Å². The van der Waals surface area contributed by atoms with Crippen LogP contribution in [0, 0.1) is 5.82 Å². The van der Waals surface area contributed by atoms with E-state index in [4.69, 9.17) is 4.74 Å². The number of aromatic hydroxyl groups is 1. The minimum atomic E-state index is -0.723. The van der Waals surface area contributed by atoms with E-state index in [1.54, 1.807) is 18.2 Å². The predicted octanol–water partition coefficient (Wildman–Crippen LogP) is 3.48. The maximum Gasteiger partial charge on any atom is 0.263 e. The van der Waals surface area contributed by atoms with Crippen LogP contribution in [0.1, 0.15) is 10.4 Å². The van der Waals surface area contributed by atoms with Crippen LogP contribution in [-0.2, 0) is 0 Å². The predicted molar refractivity (Wildman–Crippen MR) is 94.1 cm³/mol. The molecule has 1 amide bonds. The zero-order valence-electron chi connectivity index (χ0n) is 13.5. The molecule has 0 saturated heterocycles. The van der Waals surface area contributed by atoms with Gasteiger partial charge in [0.2, 0.25) is 17.7 Å². The van der Waals surface area contributed by atoms with Crippen LogP contribution < -0.4 is 10.1 Å². The first-order valence-corrected chi connectivity index (χ1v) is 8.58. The number of pyridine rings is 1. The molecular weight excluding hydrogens is 359 g/mol. The quantitative estimate of drug-likeness (QED) is 0.662. The number of hydrogen-bond acceptors (Lipinski definition) is 7. The molecule has 1 aromatic carbocycles. The number of thioether (sulfide) groups is 1. The van der Waals surface area contributed by atoms with Gasteiger partial charge in [0, 0.05) is 17.2 Å². The average molecular weight is 372 g/mol. The molecule has 0 bridgehead atoms. The van der Waals surface area contributed by atoms with Gasteiger partial charge in [0.25, 0.3) is 5.91 Å². The van der Waals surface area contributed by atoms with E-state index in [1.807, 2.05) is 12.3 Å². The number of aromatic nitrogens is 3. The fourth-order valence-corrected chi connectivity index (χ4v) is 2.47. The molecule has 3 rings (SSSR count). The van der Waals surface area contributed by atoms with E-state index in [-0.39, 0.29) is 23.3 Å². The number of nitrogens with one attached hydrogen (secondary N) is 1. The second-order valence-electron chi connectivity index (χ2n) is 4.98. The Morgan fingerprint density at radius 1 is 1.27 bits per heavy atom. The molecule has 26 heavy (non-hydrogen) atoms. The molecule has 7 nitrogen and oxygen atoms in total. The van der Waals surface area contributed by atoms with Crippen LogP contribution in [-0.4, -0.2) is 32.2 Å². The number of benzene rings is 1. The van der Waals surface area contributed by atoms with Gasteiger partial charge in [-0.2, -0.15) is 4.98 Å². The minimum Gasteiger partial charge on any atom is -0.493 e. The number of carbonyl (C=O) groups excluding carboxylic acids is 1. The van der Waals surface area contributed by atoms with Crippen LogP contribution in [0.25, 0.3) is 0 Å². The van der Waals surface area contributed by atoms with Crippen LogP contribution in [0.2, 0.25) is 0 Å². The lowest BCUT2D eigenvalue weighted by molar-refractivity contribution is 0.102. The van der Waals surface area contributed by atoms with Crippen molar-refractivity contribution in [3.8, 4) is 17.5 Å². The standard InChI is InChI=1S/C17H13FN4O3S/c1-26-12-4-2-3-11(8-12)25-16-13(7-10(18)9-20-16)15(24)22-17-19-6-5-14(23)21-17/h2-9H,1H3,(H2,19,21,22,23,24). The van der Waals surface area contributed by atoms with Crippen molar-refractivity contribution in [1.29, 1.82) is 0 Å². The lowest BCUT2D eigenvalue weighted by Crippen LogP contribution is -2.16. The first-order valence-electron chi connectivity index (χ1n) is 7.36. The normalized spacial score (nSPS) is 10.4. The number of hydrogen-bond donors (Lipinski definition) is 2. The third kappa shape index (κ3) is 4.25. The third-order valence-electron chi connectivity index (χ3n) is 3.18. The molecule has 0 spiro atoms. The zero-order valence-corrected chi connectivity index (χ0v) is 14.3. The highest BCUT2D eigenvalue weighted by Gasteiger charge is 2.18. The molecular formula is C17H13FN4O3S. The summed E-state index contributed by atoms with van der Waals surface area (Å²) in [6.07, 6.45) is 4.14. The Labute approximate surface area is 152 Å². The number of rotatable bonds is 5. The van der Waals surface area contributed by atoms with Crippen LogP contribution in [0.15, 0.2) is 53.7 Å². The van der Waals surface area contributed by atoms with E-state index >= 15 is 0 Å². The molecule has 0 saturated carbocycles. The van der Waals surface area contributed by atoms with E-state index in [0.717, 1.165) is 17.2 Å². The molecule has 2 N–H and O–H groups in total. The molecule has 0 aliphatic heterocycles. The largest absolute Gasteiger partial charge is 0.493 e. The molecule has 3 aromatic rings. The first kappa shape index (κ1) is 17.6. The van der Waals surface area contributed by atoms with Crippen molar-refractivity contribution in [2.45, 2.75) is 4.90 Å². The van der Waals surface area contributed by atoms with Crippen molar-refractivity contribution < 1.29 is 19.0 Å². The maximum atomic E-state index is 13.6. The lowest BCUT2D eigenvalue weighted by atomic mass is 10.2. The molecule has 132 valence electrons. The second kappa shape index (κ2) is 7.79. The highest BCUT2D eigenvalue weighted by Crippen LogP contribution is 2.27. The molecule has 9 heteroatoms. The number of amides is 1. The van der Waals surface area contributed by atoms with Gasteiger partial charge in [0.15, 0.2) is 0 Å². The highest BCUT2D eigenvalue weighted by molar-refractivity contribution is 7.98. The van der Waals surface area contributed by atoms with Crippen molar-refractivity contribution in [2.24, 2.45) is 0 Å². The molecule has 0 atom stereocenters. The van der Waals surface area contributed by atoms with E-state index in [0.29, 0.717) is 5.75 Å². The summed E-state index contributed by atoms with van der Waals surface area (Å²) in [7, 11) is 0. The summed E-state index contributed by atoms with van der Waals surface area (Å²) < 4.78 is 19.2. The van der Waals surface area contributed by atoms with Crippen molar-refractivity contribution >= 4 is 23.6 Å². The monoisotopic (exact) mass is 372 g/mol. The Morgan fingerprint density at radius 3 is 2.88 bits per heavy atom. The van der Waals surface area contributed by atoms with E-state index < -0.39 is 11.7 Å². The fraction of sp³-hybridized carbons (Fsp3) is 0.0588. The fourth-order valence-electron chi connectivity index (χ4n) is 2.03. The number of ether oxygens (including phenoxy) is 1. The number of halogens is 1. The van der Waals surface area contributed by atoms with Crippen LogP contribution >= 0.6 is 11.8 Å². The smallest absolute Gasteiger partial charge is 0.263 e. The number of anilines is 1. The molecule has 0 aliphatic rings. The van der Waals surface area contributed by atoms with Crippen LogP contribution in [0.5, 0.6) is 17.5 Å². The van der Waals surface area contributed by atoms with Crippen molar-refractivity contribution in [3.05, 3.63) is 60.2 Å². The van der Waals surface area contributed by atoms with Gasteiger partial charge in [-0.25, -0.2) is 14.4 Å². The van der Waals surface area contributed by atoms with Crippen molar-refractivity contribution in [1.82, 2.24) is 15.0 Å². The zero-order chi connectivity index (χ0) is 18.5. The van der Waals surface area contributed by atoms with Gasteiger partial charge in [-0.15, -0.1) is 11.8 Å². The Bertz CT molecular complexity index is 955. The van der Waals surface area contributed by atoms with Gasteiger partial charge in [0.05, 0.1) is 6.20 Å². The summed E-state index contributed by atoms with van der Waals surface area (Å²) in [5.41, 5.74) is -0.133. The Kier molecular flexibility index (Phi) is 5.28. The SMILES string of the molecule is CSc1cccc(Oc2ncc(F)cc2C(=O)Nc2nccc(O)n2)c1. The molecule has 0 unspecified atom stereocenters. The van der Waals surface area contributed by atoms with Crippen molar-refractivity contribution in [3.63, 3.8) is 0 Å². The molecule has 2 aromatic heterocycles. The van der Waals surface area contributed by atoms with E-state index in [9.17, 15) is 14.3 Å². The summed E-state index contributed by atoms with van der Waals surface area (Å²) in [5.74, 6) is -1.47. The number of carbonyl (C=O) groups is 1. The highest BCUT2D eigenvalue weighted by atomic mass is 32.2. The average Bonchev–Trinajstić information content (AvgIpc) is 2.63. The van der Waals surface area contributed by atoms with Gasteiger partial charge in [-0.3, -0.25) is 10.1 Å². The second-order valence-corrected chi connectivity index (χ2v) is 5.86. The van der Waals surface area contributed by atoms with Gasteiger partial charge in [-0.05, 0) is 30.5 Å². The van der Waals surface area contributed by atoms with Crippen LogP contribution in [0.3, 0.4) is 0 Å². The van der Waals surface area contributed by atoms with Gasteiger partial charge in [-0.1, -0.05) is 6.07 Å². The maximum absolute atomic E-state index is 13.6. The Hall–Kier alpha value is -3.20. The molecule has 0 aliphatic carbocycles. The Morgan fingerprint density at radius 2 is 2.12 bits per heavy atom. The number of nitrogens with zero attached hydrogens (tertiary/aromatic N) is 3. The van der Waals surface area contributed by atoms with E-state index in [1.165, 1.54) is 24.0 Å². The van der Waals surface area contributed by atoms with Crippen LogP contribution in [0.4, 0.5) is 10.3 Å². The van der Waals surface area contributed by atoms with Gasteiger partial charge >= 0.3 is 0 Å². The van der Waals surface area contributed by atoms with E-state index in [2.05, 4.69) is 20.3 Å². The van der Waals surface area contributed by atoms with Gasteiger partial charge < -0.3 is 9.84 Å². The van der Waals surface area contributed by atoms with Crippen molar-refractivity contribution in [2.75, 3.05) is 11.6 Å². The molecule has 0 radical (unpaired) electrons. The summed E-state index contributed by atoms with van der Waals surface area (Å²) in [6.45, 7) is 0. The molecule has 2 heterocycles. The summed E-state index contributed by atoms with van der Waals surface area (Å²) in [6, 6.07) is 9.43. The topological polar surface area (TPSA) is 97.2 Å². The summed E-state index contributed by atoms with van der Waals surface area (Å²) in [5, 5.41) is 11.7. The first-order chi connectivity index (χ1) is 12.5. The third-order valence-corrected chi connectivity index (χ3v) is 3.91. The minimum absolute atomic E-state index is 0.0673. The summed E-state index contributed by atoms with van der Waals surface area (Å²) >= 11 is 1.53. The molecule has 0 fully saturated rings. The summed E-state index contributed by atoms with van der Waals surface area (Å²) in [4.78, 5) is 24.7. The lowest BCUT2D eigenvalue weighted by Gasteiger charge is -2.10. The Balaban J connectivity index is 1.88.